The minimum Gasteiger partial charge on any atom is -0.303 e. The molecule has 2 aromatic carbocycles. The summed E-state index contributed by atoms with van der Waals surface area (Å²) in [6.45, 7) is 0.0617. The van der Waals surface area contributed by atoms with Gasteiger partial charge in [-0.15, -0.1) is 0 Å². The van der Waals surface area contributed by atoms with Crippen molar-refractivity contribution in [1.29, 1.82) is 0 Å². The van der Waals surface area contributed by atoms with E-state index in [0.717, 1.165) is 17.0 Å². The maximum absolute atomic E-state index is 12.6. The highest BCUT2D eigenvalue weighted by atomic mass is 35.5. The van der Waals surface area contributed by atoms with Crippen molar-refractivity contribution in [2.45, 2.75) is 12.7 Å². The number of halogens is 4. The minimum absolute atomic E-state index is 0.00345. The van der Waals surface area contributed by atoms with E-state index < -0.39 is 23.7 Å². The topological polar surface area (TPSA) is 49.4 Å². The van der Waals surface area contributed by atoms with Gasteiger partial charge in [-0.25, -0.2) is 4.79 Å². The van der Waals surface area contributed by atoms with Crippen molar-refractivity contribution in [3.8, 4) is 0 Å². The van der Waals surface area contributed by atoms with Gasteiger partial charge in [0.1, 0.15) is 5.70 Å². The average Bonchev–Trinajstić information content (AvgIpc) is 2.84. The summed E-state index contributed by atoms with van der Waals surface area (Å²) >= 11 is 5.80. The lowest BCUT2D eigenvalue weighted by molar-refractivity contribution is -0.137. The molecule has 8 heteroatoms. The van der Waals surface area contributed by atoms with Gasteiger partial charge in [-0.1, -0.05) is 35.9 Å². The molecule has 0 spiro atoms. The largest absolute Gasteiger partial charge is 0.416 e. The van der Waals surface area contributed by atoms with Crippen LogP contribution in [0.25, 0.3) is 6.08 Å². The number of benzene rings is 2. The van der Waals surface area contributed by atoms with E-state index in [1.54, 1.807) is 24.3 Å². The van der Waals surface area contributed by atoms with E-state index in [9.17, 15) is 22.8 Å². The summed E-state index contributed by atoms with van der Waals surface area (Å²) in [5.74, 6) is -0.551. The van der Waals surface area contributed by atoms with Gasteiger partial charge < -0.3 is 5.32 Å². The summed E-state index contributed by atoms with van der Waals surface area (Å²) < 4.78 is 37.7. The first-order chi connectivity index (χ1) is 12.2. The third kappa shape index (κ3) is 3.88. The number of rotatable bonds is 3. The number of alkyl halides is 3. The number of amides is 3. The molecular weight excluding hydrogens is 369 g/mol. The van der Waals surface area contributed by atoms with Gasteiger partial charge in [0.15, 0.2) is 0 Å². The van der Waals surface area contributed by atoms with E-state index >= 15 is 0 Å². The first kappa shape index (κ1) is 18.0. The monoisotopic (exact) mass is 380 g/mol. The Labute approximate surface area is 151 Å². The van der Waals surface area contributed by atoms with Crippen LogP contribution in [0.3, 0.4) is 0 Å². The lowest BCUT2D eigenvalue weighted by Gasteiger charge is -2.11. The molecule has 3 rings (SSSR count). The maximum atomic E-state index is 12.6. The van der Waals surface area contributed by atoms with Crippen LogP contribution < -0.4 is 5.32 Å². The molecule has 0 aromatic heterocycles. The van der Waals surface area contributed by atoms with Crippen molar-refractivity contribution in [3.05, 3.63) is 75.9 Å². The Morgan fingerprint density at radius 2 is 1.62 bits per heavy atom. The van der Waals surface area contributed by atoms with Crippen molar-refractivity contribution in [1.82, 2.24) is 10.2 Å². The Bertz CT molecular complexity index is 875. The molecule has 0 atom stereocenters. The average molecular weight is 381 g/mol. The maximum Gasteiger partial charge on any atom is 0.416 e. The number of nitrogens with zero attached hydrogens (tertiary/aromatic N) is 1. The molecule has 0 radical (unpaired) electrons. The molecule has 1 fully saturated rings. The van der Waals surface area contributed by atoms with Crippen LogP contribution in [-0.2, 0) is 17.5 Å². The molecule has 0 aliphatic carbocycles. The van der Waals surface area contributed by atoms with Gasteiger partial charge in [-0.05, 0) is 41.5 Å². The van der Waals surface area contributed by atoms with Gasteiger partial charge in [0.2, 0.25) is 0 Å². The van der Waals surface area contributed by atoms with Crippen molar-refractivity contribution < 1.29 is 22.8 Å². The van der Waals surface area contributed by atoms with Crippen LogP contribution in [0.5, 0.6) is 0 Å². The Hall–Kier alpha value is -2.80. The number of hydrogen-bond donors (Lipinski definition) is 1. The van der Waals surface area contributed by atoms with Crippen LogP contribution >= 0.6 is 11.6 Å². The van der Waals surface area contributed by atoms with Gasteiger partial charge in [0.25, 0.3) is 5.91 Å². The Kier molecular flexibility index (Phi) is 4.73. The molecule has 1 aliphatic rings. The van der Waals surface area contributed by atoms with Crippen LogP contribution in [0.15, 0.2) is 54.2 Å². The predicted molar refractivity (Wildman–Crippen MR) is 90.0 cm³/mol. The number of nitrogens with one attached hydrogen (secondary N) is 1. The Balaban J connectivity index is 1.77. The zero-order valence-corrected chi connectivity index (χ0v) is 13.9. The standard InChI is InChI=1S/C18H12ClF3N2O2/c19-14-7-3-12(4-8-14)10-24-16(25)15(23-17(24)26)9-11-1-5-13(6-2-11)18(20,21)22/h1-9H,10H2,(H,23,26)/b15-9-. The lowest BCUT2D eigenvalue weighted by atomic mass is 10.1. The quantitative estimate of drug-likeness (QED) is 0.631. The summed E-state index contributed by atoms with van der Waals surface area (Å²) in [6.07, 6.45) is -3.10. The highest BCUT2D eigenvalue weighted by Gasteiger charge is 2.33. The van der Waals surface area contributed by atoms with Crippen molar-refractivity contribution in [2.75, 3.05) is 0 Å². The van der Waals surface area contributed by atoms with E-state index in [4.69, 9.17) is 11.6 Å². The van der Waals surface area contributed by atoms with Crippen LogP contribution in [0, 0.1) is 0 Å². The SMILES string of the molecule is O=C1N/C(=C\c2ccc(C(F)(F)F)cc2)C(=O)N1Cc1ccc(Cl)cc1. The van der Waals surface area contributed by atoms with Crippen LogP contribution in [0.1, 0.15) is 16.7 Å². The summed E-state index contributed by atoms with van der Waals surface area (Å²) in [4.78, 5) is 25.4. The second-order valence-electron chi connectivity index (χ2n) is 5.63. The molecule has 26 heavy (non-hydrogen) atoms. The van der Waals surface area contributed by atoms with Gasteiger partial charge in [0, 0.05) is 5.02 Å². The van der Waals surface area contributed by atoms with Gasteiger partial charge >= 0.3 is 12.2 Å². The number of urea groups is 1. The fourth-order valence-corrected chi connectivity index (χ4v) is 2.55. The van der Waals surface area contributed by atoms with E-state index in [1.165, 1.54) is 18.2 Å². The first-order valence-corrected chi connectivity index (χ1v) is 7.88. The minimum atomic E-state index is -4.43. The van der Waals surface area contributed by atoms with E-state index in [-0.39, 0.29) is 12.2 Å². The normalized spacial score (nSPS) is 16.3. The third-order valence-electron chi connectivity index (χ3n) is 3.77. The summed E-state index contributed by atoms with van der Waals surface area (Å²) in [5, 5.41) is 2.96. The molecule has 1 saturated heterocycles. The second kappa shape index (κ2) is 6.84. The van der Waals surface area contributed by atoms with E-state index in [1.807, 2.05) is 0 Å². The van der Waals surface area contributed by atoms with E-state index in [2.05, 4.69) is 5.32 Å². The number of carbonyl (C=O) groups excluding carboxylic acids is 2. The molecule has 4 nitrogen and oxygen atoms in total. The number of carbonyl (C=O) groups is 2. The lowest BCUT2D eigenvalue weighted by Crippen LogP contribution is -2.30. The smallest absolute Gasteiger partial charge is 0.303 e. The van der Waals surface area contributed by atoms with Crippen molar-refractivity contribution >= 4 is 29.6 Å². The first-order valence-electron chi connectivity index (χ1n) is 7.50. The van der Waals surface area contributed by atoms with Crippen molar-refractivity contribution in [2.24, 2.45) is 0 Å². The molecule has 1 heterocycles. The Morgan fingerprint density at radius 1 is 1.00 bits per heavy atom. The summed E-state index contributed by atoms with van der Waals surface area (Å²) in [7, 11) is 0. The molecule has 1 aliphatic heterocycles. The third-order valence-corrected chi connectivity index (χ3v) is 4.02. The van der Waals surface area contributed by atoms with Crippen molar-refractivity contribution in [3.63, 3.8) is 0 Å². The van der Waals surface area contributed by atoms with Crippen LogP contribution in [0.4, 0.5) is 18.0 Å². The highest BCUT2D eigenvalue weighted by Crippen LogP contribution is 2.29. The zero-order chi connectivity index (χ0) is 18.9. The second-order valence-corrected chi connectivity index (χ2v) is 6.06. The molecular formula is C18H12ClF3N2O2. The molecule has 0 saturated carbocycles. The van der Waals surface area contributed by atoms with Gasteiger partial charge in [-0.2, -0.15) is 13.2 Å². The van der Waals surface area contributed by atoms with Crippen LogP contribution in [0.2, 0.25) is 5.02 Å². The molecule has 1 N–H and O–H groups in total. The molecule has 2 aromatic rings. The predicted octanol–water partition coefficient (Wildman–Crippen LogP) is 4.45. The van der Waals surface area contributed by atoms with Gasteiger partial charge in [0.05, 0.1) is 12.1 Å². The Morgan fingerprint density at radius 3 is 2.19 bits per heavy atom. The van der Waals surface area contributed by atoms with Gasteiger partial charge in [-0.3, -0.25) is 9.69 Å². The molecule has 3 amide bonds. The molecule has 134 valence electrons. The summed E-state index contributed by atoms with van der Waals surface area (Å²) in [5.41, 5.74) is 0.304. The highest BCUT2D eigenvalue weighted by molar-refractivity contribution is 6.30. The number of hydrogen-bond acceptors (Lipinski definition) is 2. The van der Waals surface area contributed by atoms with E-state index in [0.29, 0.717) is 16.1 Å². The molecule has 0 unspecified atom stereocenters. The number of imide groups is 1. The molecule has 0 bridgehead atoms. The summed E-state index contributed by atoms with van der Waals surface area (Å²) in [6, 6.07) is 10.4. The van der Waals surface area contributed by atoms with Crippen LogP contribution in [-0.4, -0.2) is 16.8 Å². The fourth-order valence-electron chi connectivity index (χ4n) is 2.42. The fraction of sp³-hybridized carbons (Fsp3) is 0.111. The zero-order valence-electron chi connectivity index (χ0n) is 13.2.